The number of rotatable bonds is 10. The minimum atomic E-state index is -0.648. The van der Waals surface area contributed by atoms with Gasteiger partial charge >= 0.3 is 0 Å². The highest BCUT2D eigenvalue weighted by Crippen LogP contribution is 2.30. The minimum absolute atomic E-state index is 0.00418. The van der Waals surface area contributed by atoms with E-state index in [1.165, 1.54) is 26.4 Å². The maximum absolute atomic E-state index is 13.0. The first kappa shape index (κ1) is 24.0. The fourth-order valence-electron chi connectivity index (χ4n) is 3.38. The Kier molecular flexibility index (Phi) is 8.17. The third-order valence-electron chi connectivity index (χ3n) is 5.07. The number of anilines is 2. The van der Waals surface area contributed by atoms with Gasteiger partial charge in [0.25, 0.3) is 11.6 Å². The number of non-ortho nitro benzene ring substituents is 1. The minimum Gasteiger partial charge on any atom is -0.497 e. The highest BCUT2D eigenvalue weighted by molar-refractivity contribution is 6.11. The highest BCUT2D eigenvalue weighted by Gasteiger charge is 2.20. The van der Waals surface area contributed by atoms with Crippen LogP contribution in [-0.2, 0) is 9.53 Å². The number of carbonyl (C=O) groups is 2. The quantitative estimate of drug-likeness (QED) is 0.364. The Balaban J connectivity index is 1.75. The zero-order chi connectivity index (χ0) is 23.8. The van der Waals surface area contributed by atoms with E-state index in [1.54, 1.807) is 18.2 Å². The zero-order valence-corrected chi connectivity index (χ0v) is 18.4. The number of hydrogen-bond acceptors (Lipinski definition) is 8. The van der Waals surface area contributed by atoms with Gasteiger partial charge in [0.1, 0.15) is 11.5 Å². The van der Waals surface area contributed by atoms with Crippen molar-refractivity contribution in [1.29, 1.82) is 0 Å². The third-order valence-corrected chi connectivity index (χ3v) is 5.07. The Bertz CT molecular complexity index is 1020. The number of ether oxygens (including phenoxy) is 3. The number of nitrogens with one attached hydrogen (secondary N) is 3. The molecular formula is C22H26N4O7. The molecule has 1 aliphatic heterocycles. The van der Waals surface area contributed by atoms with Gasteiger partial charge in [-0.15, -0.1) is 0 Å². The summed E-state index contributed by atoms with van der Waals surface area (Å²) in [6.07, 6.45) is 2.02. The van der Waals surface area contributed by atoms with Crippen molar-refractivity contribution in [1.82, 2.24) is 5.32 Å². The second-order valence-corrected chi connectivity index (χ2v) is 7.32. The van der Waals surface area contributed by atoms with Gasteiger partial charge in [-0.3, -0.25) is 19.7 Å². The van der Waals surface area contributed by atoms with Crippen LogP contribution in [0, 0.1) is 10.1 Å². The molecule has 11 heteroatoms. The molecule has 1 heterocycles. The first-order chi connectivity index (χ1) is 15.9. The molecule has 0 radical (unpaired) electrons. The summed E-state index contributed by atoms with van der Waals surface area (Å²) in [7, 11) is 2.94. The van der Waals surface area contributed by atoms with Crippen LogP contribution < -0.4 is 25.4 Å². The predicted molar refractivity (Wildman–Crippen MR) is 121 cm³/mol. The molecule has 3 rings (SSSR count). The Hall–Kier alpha value is -3.70. The standard InChI is InChI=1S/C22H26N4O7/c1-31-15-6-8-19(20(11-15)32-2)25-22(28)17-10-14(26(29)30)5-7-18(17)24-21(27)13-23-12-16-4-3-9-33-16/h5-8,10-11,16,23H,3-4,9,12-13H2,1-2H3,(H,24,27)(H,25,28). The average molecular weight is 458 g/mol. The number of benzene rings is 2. The topological polar surface area (TPSA) is 141 Å². The number of amides is 2. The zero-order valence-electron chi connectivity index (χ0n) is 18.4. The molecule has 0 bridgehead atoms. The molecule has 176 valence electrons. The number of nitro benzene ring substituents is 1. The summed E-state index contributed by atoms with van der Waals surface area (Å²) in [6, 6.07) is 8.47. The van der Waals surface area contributed by atoms with Crippen molar-refractivity contribution in [3.63, 3.8) is 0 Å². The summed E-state index contributed by atoms with van der Waals surface area (Å²) in [5.74, 6) is -0.164. The number of nitro groups is 1. The van der Waals surface area contributed by atoms with E-state index >= 15 is 0 Å². The molecule has 1 aliphatic rings. The first-order valence-electron chi connectivity index (χ1n) is 10.3. The largest absolute Gasteiger partial charge is 0.497 e. The van der Waals surface area contributed by atoms with Crippen LogP contribution in [0.4, 0.5) is 17.1 Å². The smallest absolute Gasteiger partial charge is 0.270 e. The first-order valence-corrected chi connectivity index (χ1v) is 10.3. The Morgan fingerprint density at radius 2 is 1.91 bits per heavy atom. The van der Waals surface area contributed by atoms with Crippen LogP contribution in [0.2, 0.25) is 0 Å². The van der Waals surface area contributed by atoms with Crippen molar-refractivity contribution in [2.75, 3.05) is 44.5 Å². The van der Waals surface area contributed by atoms with Crippen molar-refractivity contribution in [2.45, 2.75) is 18.9 Å². The fraction of sp³-hybridized carbons (Fsp3) is 0.364. The summed E-state index contributed by atoms with van der Waals surface area (Å²) in [5.41, 5.74) is 0.144. The monoisotopic (exact) mass is 458 g/mol. The van der Waals surface area contributed by atoms with Gasteiger partial charge in [0.15, 0.2) is 0 Å². The van der Waals surface area contributed by atoms with Crippen LogP contribution in [0.15, 0.2) is 36.4 Å². The molecule has 2 aromatic rings. The second kappa shape index (κ2) is 11.2. The van der Waals surface area contributed by atoms with Crippen molar-refractivity contribution in [3.8, 4) is 11.5 Å². The molecule has 1 atom stereocenters. The Labute approximate surface area is 190 Å². The van der Waals surface area contributed by atoms with Crippen molar-refractivity contribution in [3.05, 3.63) is 52.1 Å². The summed E-state index contributed by atoms with van der Waals surface area (Å²) in [5, 5.41) is 19.6. The molecule has 3 N–H and O–H groups in total. The molecule has 0 aromatic heterocycles. The summed E-state index contributed by atoms with van der Waals surface area (Å²) >= 11 is 0. The molecule has 0 spiro atoms. The van der Waals surface area contributed by atoms with Crippen LogP contribution >= 0.6 is 0 Å². The van der Waals surface area contributed by atoms with Crippen molar-refractivity contribution in [2.24, 2.45) is 0 Å². The lowest BCUT2D eigenvalue weighted by molar-refractivity contribution is -0.384. The van der Waals surface area contributed by atoms with Crippen LogP contribution in [0.25, 0.3) is 0 Å². The second-order valence-electron chi connectivity index (χ2n) is 7.32. The molecule has 33 heavy (non-hydrogen) atoms. The average Bonchev–Trinajstić information content (AvgIpc) is 3.32. The van der Waals surface area contributed by atoms with Gasteiger partial charge in [-0.25, -0.2) is 0 Å². The molecule has 1 unspecified atom stereocenters. The maximum atomic E-state index is 13.0. The Morgan fingerprint density at radius 1 is 1.12 bits per heavy atom. The van der Waals surface area contributed by atoms with E-state index in [0.29, 0.717) is 23.7 Å². The SMILES string of the molecule is COc1ccc(NC(=O)c2cc([N+](=O)[O-])ccc2NC(=O)CNCC2CCCO2)c(OC)c1. The predicted octanol–water partition coefficient (Wildman–Crippen LogP) is 2.57. The lowest BCUT2D eigenvalue weighted by atomic mass is 10.1. The van der Waals surface area contributed by atoms with E-state index in [2.05, 4.69) is 16.0 Å². The number of carbonyl (C=O) groups excluding carboxylic acids is 2. The van der Waals surface area contributed by atoms with E-state index < -0.39 is 16.7 Å². The molecule has 1 saturated heterocycles. The third kappa shape index (κ3) is 6.40. The Morgan fingerprint density at radius 3 is 2.58 bits per heavy atom. The molecule has 11 nitrogen and oxygen atoms in total. The molecule has 2 amide bonds. The molecular weight excluding hydrogens is 432 g/mol. The highest BCUT2D eigenvalue weighted by atomic mass is 16.6. The number of hydrogen-bond donors (Lipinski definition) is 3. The van der Waals surface area contributed by atoms with Gasteiger partial charge in [0.2, 0.25) is 5.91 Å². The van der Waals surface area contributed by atoms with E-state index in [9.17, 15) is 19.7 Å². The fourth-order valence-corrected chi connectivity index (χ4v) is 3.38. The molecule has 1 fully saturated rings. The van der Waals surface area contributed by atoms with Gasteiger partial charge in [0.05, 0.1) is 48.7 Å². The van der Waals surface area contributed by atoms with Crippen LogP contribution in [0.3, 0.4) is 0 Å². The van der Waals surface area contributed by atoms with Crippen molar-refractivity contribution < 1.29 is 28.7 Å². The summed E-state index contributed by atoms with van der Waals surface area (Å²) < 4.78 is 15.9. The van der Waals surface area contributed by atoms with Crippen LogP contribution in [-0.4, -0.2) is 56.8 Å². The van der Waals surface area contributed by atoms with Gasteiger partial charge in [-0.1, -0.05) is 0 Å². The van der Waals surface area contributed by atoms with Crippen LogP contribution in [0.5, 0.6) is 11.5 Å². The summed E-state index contributed by atoms with van der Waals surface area (Å²) in [4.78, 5) is 36.0. The van der Waals surface area contributed by atoms with E-state index in [0.717, 1.165) is 25.5 Å². The lowest BCUT2D eigenvalue weighted by Crippen LogP contribution is -2.34. The van der Waals surface area contributed by atoms with E-state index in [4.69, 9.17) is 14.2 Å². The van der Waals surface area contributed by atoms with Gasteiger partial charge in [-0.05, 0) is 31.0 Å². The number of nitrogens with zero attached hydrogens (tertiary/aromatic N) is 1. The van der Waals surface area contributed by atoms with E-state index in [1.807, 2.05) is 0 Å². The van der Waals surface area contributed by atoms with Crippen molar-refractivity contribution >= 4 is 28.9 Å². The molecule has 0 saturated carbocycles. The normalized spacial score (nSPS) is 15.0. The van der Waals surface area contributed by atoms with Gasteiger partial charge in [-0.2, -0.15) is 0 Å². The summed E-state index contributed by atoms with van der Waals surface area (Å²) in [6.45, 7) is 1.27. The van der Waals surface area contributed by atoms with Gasteiger partial charge < -0.3 is 30.2 Å². The van der Waals surface area contributed by atoms with Gasteiger partial charge in [0, 0.05) is 31.4 Å². The molecule has 2 aromatic carbocycles. The van der Waals surface area contributed by atoms with E-state index in [-0.39, 0.29) is 29.6 Å². The number of methoxy groups -OCH3 is 2. The molecule has 0 aliphatic carbocycles. The maximum Gasteiger partial charge on any atom is 0.270 e. The lowest BCUT2D eigenvalue weighted by Gasteiger charge is -2.15. The van der Waals surface area contributed by atoms with Crippen LogP contribution in [0.1, 0.15) is 23.2 Å².